The average molecular weight is 534 g/mol. The van der Waals surface area contributed by atoms with Crippen molar-refractivity contribution in [1.29, 1.82) is 0 Å². The molecule has 1 saturated heterocycles. The van der Waals surface area contributed by atoms with Gasteiger partial charge in [-0.2, -0.15) is 0 Å². The maximum atomic E-state index is 12.7. The highest BCUT2D eigenvalue weighted by Crippen LogP contribution is 2.25. The molecule has 1 aliphatic rings. The summed E-state index contributed by atoms with van der Waals surface area (Å²) in [7, 11) is 1.85. The van der Waals surface area contributed by atoms with Crippen LogP contribution in [-0.4, -0.2) is 48.0 Å². The minimum absolute atomic E-state index is 0.0281. The number of aromatic nitrogens is 1. The van der Waals surface area contributed by atoms with E-state index in [4.69, 9.17) is 4.74 Å². The number of likely N-dealkylation sites (N-methyl/N-ethyl adjacent to an activating group) is 1. The number of nitrogens with zero attached hydrogens (tertiary/aromatic N) is 3. The van der Waals surface area contributed by atoms with Gasteiger partial charge in [0, 0.05) is 55.7 Å². The van der Waals surface area contributed by atoms with Gasteiger partial charge in [0.15, 0.2) is 0 Å². The first-order valence-corrected chi connectivity index (χ1v) is 13.1. The molecule has 0 saturated carbocycles. The third-order valence-corrected chi connectivity index (χ3v) is 6.74. The quantitative estimate of drug-likeness (QED) is 0.261. The number of rotatable bonds is 8. The number of hydrogen-bond acceptors (Lipinski definition) is 5. The van der Waals surface area contributed by atoms with Gasteiger partial charge in [-0.15, -0.1) is 0 Å². The zero-order chi connectivity index (χ0) is 27.7. The van der Waals surface area contributed by atoms with Crippen molar-refractivity contribution in [2.75, 3.05) is 35.7 Å². The van der Waals surface area contributed by atoms with Crippen molar-refractivity contribution in [2.45, 2.75) is 12.5 Å². The summed E-state index contributed by atoms with van der Waals surface area (Å²) in [5.41, 5.74) is 3.29. The molecule has 1 atom stereocenters. The molecule has 3 amide bonds. The van der Waals surface area contributed by atoms with Crippen molar-refractivity contribution in [3.05, 3.63) is 115 Å². The molecule has 8 nitrogen and oxygen atoms in total. The van der Waals surface area contributed by atoms with Crippen LogP contribution < -0.4 is 20.3 Å². The second-order valence-electron chi connectivity index (χ2n) is 9.52. The van der Waals surface area contributed by atoms with Gasteiger partial charge in [-0.05, 0) is 84.8 Å². The van der Waals surface area contributed by atoms with Gasteiger partial charge in [0.1, 0.15) is 11.5 Å². The van der Waals surface area contributed by atoms with E-state index in [1.165, 1.54) is 0 Å². The lowest BCUT2D eigenvalue weighted by atomic mass is 10.2. The molecule has 8 heteroatoms. The summed E-state index contributed by atoms with van der Waals surface area (Å²) in [6.45, 7) is 1.60. The van der Waals surface area contributed by atoms with Crippen molar-refractivity contribution >= 4 is 35.1 Å². The molecule has 2 N–H and O–H groups in total. The first kappa shape index (κ1) is 26.5. The van der Waals surface area contributed by atoms with E-state index in [-0.39, 0.29) is 18.0 Å². The van der Waals surface area contributed by atoms with Gasteiger partial charge in [-0.25, -0.2) is 4.79 Å². The van der Waals surface area contributed by atoms with Crippen LogP contribution in [0.1, 0.15) is 12.0 Å². The van der Waals surface area contributed by atoms with E-state index in [0.29, 0.717) is 17.1 Å². The van der Waals surface area contributed by atoms with E-state index in [0.717, 1.165) is 36.5 Å². The lowest BCUT2D eigenvalue weighted by Gasteiger charge is -2.24. The number of carbonyl (C=O) groups is 2. The molecule has 5 rings (SSSR count). The molecule has 0 aliphatic carbocycles. The number of pyridine rings is 1. The SMILES string of the molecule is CN(C(=O)/C=C/c1cccnc1)C1CCN(c2ccc(NC(=O)Nc3ccc(Oc4ccccc4)cc3)cc2)C1. The molecular weight excluding hydrogens is 502 g/mol. The number of amides is 3. The average Bonchev–Trinajstić information content (AvgIpc) is 3.48. The highest BCUT2D eigenvalue weighted by Gasteiger charge is 2.27. The molecule has 4 aromatic rings. The van der Waals surface area contributed by atoms with E-state index in [9.17, 15) is 9.59 Å². The fourth-order valence-corrected chi connectivity index (χ4v) is 4.51. The van der Waals surface area contributed by atoms with Crippen LogP contribution in [0.15, 0.2) is 109 Å². The lowest BCUT2D eigenvalue weighted by Crippen LogP contribution is -2.38. The molecule has 2 heterocycles. The number of anilines is 3. The van der Waals surface area contributed by atoms with Gasteiger partial charge in [-0.3, -0.25) is 9.78 Å². The Kier molecular flexibility index (Phi) is 8.36. The van der Waals surface area contributed by atoms with E-state index < -0.39 is 0 Å². The fraction of sp³-hybridized carbons (Fsp3) is 0.156. The molecule has 1 unspecified atom stereocenters. The zero-order valence-electron chi connectivity index (χ0n) is 22.2. The van der Waals surface area contributed by atoms with E-state index in [1.54, 1.807) is 41.6 Å². The summed E-state index contributed by atoms with van der Waals surface area (Å²) in [5, 5.41) is 5.71. The highest BCUT2D eigenvalue weighted by atomic mass is 16.5. The van der Waals surface area contributed by atoms with E-state index >= 15 is 0 Å². The summed E-state index contributed by atoms with van der Waals surface area (Å²) >= 11 is 0. The summed E-state index contributed by atoms with van der Waals surface area (Å²) in [6, 6.07) is 28.0. The molecule has 0 radical (unpaired) electrons. The van der Waals surface area contributed by atoms with Crippen molar-refractivity contribution in [2.24, 2.45) is 0 Å². The van der Waals surface area contributed by atoms with E-state index in [1.807, 2.05) is 85.9 Å². The smallest absolute Gasteiger partial charge is 0.323 e. The monoisotopic (exact) mass is 533 g/mol. The van der Waals surface area contributed by atoms with Gasteiger partial charge in [0.2, 0.25) is 5.91 Å². The summed E-state index contributed by atoms with van der Waals surface area (Å²) in [4.78, 5) is 33.3. The maximum Gasteiger partial charge on any atom is 0.323 e. The van der Waals surface area contributed by atoms with Crippen LogP contribution in [0.4, 0.5) is 21.9 Å². The Morgan fingerprint density at radius 1 is 0.900 bits per heavy atom. The molecule has 0 bridgehead atoms. The number of para-hydroxylation sites is 1. The number of hydrogen-bond donors (Lipinski definition) is 2. The van der Waals surface area contributed by atoms with Crippen molar-refractivity contribution < 1.29 is 14.3 Å². The number of ether oxygens (including phenoxy) is 1. The maximum absolute atomic E-state index is 12.7. The summed E-state index contributed by atoms with van der Waals surface area (Å²) in [5.74, 6) is 1.41. The van der Waals surface area contributed by atoms with Gasteiger partial charge in [0.25, 0.3) is 0 Å². The van der Waals surface area contributed by atoms with Crippen molar-refractivity contribution in [3.63, 3.8) is 0 Å². The molecule has 3 aromatic carbocycles. The predicted molar refractivity (Wildman–Crippen MR) is 159 cm³/mol. The molecule has 1 aliphatic heterocycles. The Hall–Kier alpha value is -5.11. The van der Waals surface area contributed by atoms with Gasteiger partial charge in [-0.1, -0.05) is 24.3 Å². The molecule has 40 heavy (non-hydrogen) atoms. The number of benzene rings is 3. The Morgan fingerprint density at radius 3 is 2.25 bits per heavy atom. The minimum atomic E-state index is -0.329. The Balaban J connectivity index is 1.09. The van der Waals surface area contributed by atoms with Crippen LogP contribution in [0.2, 0.25) is 0 Å². The Morgan fingerprint density at radius 2 is 1.57 bits per heavy atom. The van der Waals surface area contributed by atoms with Gasteiger partial charge in [0.05, 0.1) is 6.04 Å². The second-order valence-corrected chi connectivity index (χ2v) is 9.52. The first-order valence-electron chi connectivity index (χ1n) is 13.1. The highest BCUT2D eigenvalue weighted by molar-refractivity contribution is 5.99. The van der Waals surface area contributed by atoms with E-state index in [2.05, 4.69) is 20.5 Å². The van der Waals surface area contributed by atoms with Crippen LogP contribution in [0.3, 0.4) is 0 Å². The molecule has 202 valence electrons. The Labute approximate surface area is 233 Å². The van der Waals surface area contributed by atoms with Crippen LogP contribution >= 0.6 is 0 Å². The van der Waals surface area contributed by atoms with Crippen molar-refractivity contribution in [1.82, 2.24) is 9.88 Å². The lowest BCUT2D eigenvalue weighted by molar-refractivity contribution is -0.126. The fourth-order valence-electron chi connectivity index (χ4n) is 4.51. The minimum Gasteiger partial charge on any atom is -0.457 e. The normalized spacial score (nSPS) is 14.6. The van der Waals surface area contributed by atoms with Crippen LogP contribution in [0.25, 0.3) is 6.08 Å². The van der Waals surface area contributed by atoms with Crippen LogP contribution in [-0.2, 0) is 4.79 Å². The second kappa shape index (κ2) is 12.6. The summed E-state index contributed by atoms with van der Waals surface area (Å²) in [6.07, 6.45) is 7.70. The number of carbonyl (C=O) groups excluding carboxylic acids is 2. The number of urea groups is 1. The predicted octanol–water partition coefficient (Wildman–Crippen LogP) is 6.27. The van der Waals surface area contributed by atoms with Crippen LogP contribution in [0, 0.1) is 0 Å². The molecule has 0 spiro atoms. The largest absolute Gasteiger partial charge is 0.457 e. The third-order valence-electron chi connectivity index (χ3n) is 6.74. The van der Waals surface area contributed by atoms with Gasteiger partial charge < -0.3 is 25.2 Å². The topological polar surface area (TPSA) is 86.8 Å². The molecule has 1 aromatic heterocycles. The standard InChI is InChI=1S/C32H31N5O3/c1-36(31(38)18-9-24-6-5-20-33-22-24)28-19-21-37(23-28)27-14-10-25(11-15-27)34-32(39)35-26-12-16-30(17-13-26)40-29-7-3-2-4-8-29/h2-18,20,22,28H,19,21,23H2,1H3,(H2,34,35,39)/b18-9+. The van der Waals surface area contributed by atoms with Crippen LogP contribution in [0.5, 0.6) is 11.5 Å². The summed E-state index contributed by atoms with van der Waals surface area (Å²) < 4.78 is 5.79. The third kappa shape index (κ3) is 7.05. The van der Waals surface area contributed by atoms with Gasteiger partial charge >= 0.3 is 6.03 Å². The molecule has 1 fully saturated rings. The van der Waals surface area contributed by atoms with Crippen molar-refractivity contribution in [3.8, 4) is 11.5 Å². The zero-order valence-corrected chi connectivity index (χ0v) is 22.2. The Bertz CT molecular complexity index is 1440. The molecular formula is C32H31N5O3. The number of nitrogens with one attached hydrogen (secondary N) is 2. The first-order chi connectivity index (χ1) is 19.5.